The Kier molecular flexibility index (Phi) is 4.25. The van der Waals surface area contributed by atoms with Gasteiger partial charge in [-0.15, -0.1) is 0 Å². The van der Waals surface area contributed by atoms with E-state index >= 15 is 0 Å². The summed E-state index contributed by atoms with van der Waals surface area (Å²) in [6.45, 7) is 1.85. The van der Waals surface area contributed by atoms with Crippen LogP contribution in [0, 0.1) is 0 Å². The molecule has 0 fully saturated rings. The molecule has 0 amide bonds. The number of hydrogen-bond acceptors (Lipinski definition) is 3. The standard InChI is InChI=1S/C16H17NO3/c1-11(12-7-9-14(18)10-8-12)15(16(19)20)17-13-5-3-2-4-6-13/h2-11,15,17-18H,1H3,(H,19,20). The molecule has 2 aromatic rings. The summed E-state index contributed by atoms with van der Waals surface area (Å²) >= 11 is 0. The molecule has 0 aromatic heterocycles. The van der Waals surface area contributed by atoms with Crippen molar-refractivity contribution in [2.75, 3.05) is 5.32 Å². The smallest absolute Gasteiger partial charge is 0.326 e. The number of phenolic OH excluding ortho intramolecular Hbond substituents is 1. The van der Waals surface area contributed by atoms with Crippen LogP contribution in [-0.4, -0.2) is 22.2 Å². The average molecular weight is 271 g/mol. The van der Waals surface area contributed by atoms with Gasteiger partial charge < -0.3 is 15.5 Å². The largest absolute Gasteiger partial charge is 0.508 e. The molecule has 0 heterocycles. The van der Waals surface area contributed by atoms with Crippen LogP contribution in [-0.2, 0) is 4.79 Å². The molecule has 4 nitrogen and oxygen atoms in total. The fourth-order valence-corrected chi connectivity index (χ4v) is 2.08. The van der Waals surface area contributed by atoms with Crippen LogP contribution in [0.5, 0.6) is 5.75 Å². The molecule has 0 radical (unpaired) electrons. The maximum atomic E-state index is 11.5. The number of phenols is 1. The first-order valence-electron chi connectivity index (χ1n) is 6.41. The number of carbonyl (C=O) groups is 1. The van der Waals surface area contributed by atoms with Gasteiger partial charge in [0.05, 0.1) is 0 Å². The van der Waals surface area contributed by atoms with E-state index in [9.17, 15) is 15.0 Å². The Labute approximate surface area is 117 Å². The van der Waals surface area contributed by atoms with E-state index < -0.39 is 12.0 Å². The molecule has 0 saturated heterocycles. The van der Waals surface area contributed by atoms with Crippen molar-refractivity contribution in [1.29, 1.82) is 0 Å². The van der Waals surface area contributed by atoms with Crippen LogP contribution in [0.3, 0.4) is 0 Å². The van der Waals surface area contributed by atoms with Gasteiger partial charge in [-0.2, -0.15) is 0 Å². The molecular formula is C16H17NO3. The Morgan fingerprint density at radius 2 is 1.65 bits per heavy atom. The van der Waals surface area contributed by atoms with Crippen molar-refractivity contribution in [3.05, 3.63) is 60.2 Å². The fourth-order valence-electron chi connectivity index (χ4n) is 2.08. The Morgan fingerprint density at radius 3 is 2.20 bits per heavy atom. The first kappa shape index (κ1) is 13.9. The van der Waals surface area contributed by atoms with E-state index in [0.29, 0.717) is 0 Å². The first-order chi connectivity index (χ1) is 9.58. The number of benzene rings is 2. The quantitative estimate of drug-likeness (QED) is 0.781. The Balaban J connectivity index is 2.20. The second kappa shape index (κ2) is 6.10. The lowest BCUT2D eigenvalue weighted by Crippen LogP contribution is -2.34. The third-order valence-electron chi connectivity index (χ3n) is 3.28. The molecule has 4 heteroatoms. The third kappa shape index (κ3) is 3.29. The fraction of sp³-hybridized carbons (Fsp3) is 0.188. The summed E-state index contributed by atoms with van der Waals surface area (Å²) in [6, 6.07) is 15.1. The van der Waals surface area contributed by atoms with Gasteiger partial charge in [0.15, 0.2) is 0 Å². The predicted octanol–water partition coefficient (Wildman–Crippen LogP) is 3.06. The molecule has 0 bridgehead atoms. The van der Waals surface area contributed by atoms with Crippen molar-refractivity contribution in [2.45, 2.75) is 18.9 Å². The van der Waals surface area contributed by atoms with Crippen LogP contribution in [0.25, 0.3) is 0 Å². The van der Waals surface area contributed by atoms with Crippen molar-refractivity contribution in [3.8, 4) is 5.75 Å². The monoisotopic (exact) mass is 271 g/mol. The molecule has 0 aliphatic rings. The molecule has 2 aromatic carbocycles. The molecule has 2 unspecified atom stereocenters. The average Bonchev–Trinajstić information content (AvgIpc) is 2.45. The van der Waals surface area contributed by atoms with E-state index in [1.807, 2.05) is 37.3 Å². The summed E-state index contributed by atoms with van der Waals surface area (Å²) in [5.41, 5.74) is 1.63. The molecule has 104 valence electrons. The number of aromatic hydroxyl groups is 1. The maximum Gasteiger partial charge on any atom is 0.326 e. The van der Waals surface area contributed by atoms with E-state index in [2.05, 4.69) is 5.32 Å². The highest BCUT2D eigenvalue weighted by molar-refractivity contribution is 5.78. The lowest BCUT2D eigenvalue weighted by molar-refractivity contribution is -0.138. The van der Waals surface area contributed by atoms with Gasteiger partial charge >= 0.3 is 5.97 Å². The van der Waals surface area contributed by atoms with E-state index in [4.69, 9.17) is 0 Å². The minimum Gasteiger partial charge on any atom is -0.508 e. The number of rotatable bonds is 5. The number of para-hydroxylation sites is 1. The number of anilines is 1. The van der Waals surface area contributed by atoms with Gasteiger partial charge in [0.25, 0.3) is 0 Å². The van der Waals surface area contributed by atoms with E-state index in [-0.39, 0.29) is 11.7 Å². The summed E-state index contributed by atoms with van der Waals surface area (Å²) in [5, 5.41) is 21.7. The zero-order valence-corrected chi connectivity index (χ0v) is 11.2. The first-order valence-corrected chi connectivity index (χ1v) is 6.41. The number of carboxylic acids is 1. The van der Waals surface area contributed by atoms with Crippen LogP contribution in [0.15, 0.2) is 54.6 Å². The zero-order chi connectivity index (χ0) is 14.5. The summed E-state index contributed by atoms with van der Waals surface area (Å²) in [6.07, 6.45) is 0. The van der Waals surface area contributed by atoms with Gasteiger partial charge in [-0.3, -0.25) is 0 Å². The van der Waals surface area contributed by atoms with Crippen LogP contribution in [0.2, 0.25) is 0 Å². The van der Waals surface area contributed by atoms with Crippen molar-refractivity contribution < 1.29 is 15.0 Å². The van der Waals surface area contributed by atoms with E-state index in [1.54, 1.807) is 24.3 Å². The minimum atomic E-state index is -0.908. The van der Waals surface area contributed by atoms with Crippen LogP contribution >= 0.6 is 0 Å². The van der Waals surface area contributed by atoms with Crippen molar-refractivity contribution in [1.82, 2.24) is 0 Å². The highest BCUT2D eigenvalue weighted by atomic mass is 16.4. The van der Waals surface area contributed by atoms with Crippen molar-refractivity contribution in [2.24, 2.45) is 0 Å². The van der Waals surface area contributed by atoms with Crippen molar-refractivity contribution >= 4 is 11.7 Å². The van der Waals surface area contributed by atoms with Gasteiger partial charge in [0.2, 0.25) is 0 Å². The lowest BCUT2D eigenvalue weighted by atomic mass is 9.93. The van der Waals surface area contributed by atoms with Crippen LogP contribution in [0.1, 0.15) is 18.4 Å². The summed E-state index contributed by atoms with van der Waals surface area (Å²) in [4.78, 5) is 11.5. The van der Waals surface area contributed by atoms with Crippen molar-refractivity contribution in [3.63, 3.8) is 0 Å². The number of nitrogens with one attached hydrogen (secondary N) is 1. The molecule has 20 heavy (non-hydrogen) atoms. The zero-order valence-electron chi connectivity index (χ0n) is 11.2. The number of aliphatic carboxylic acids is 1. The third-order valence-corrected chi connectivity index (χ3v) is 3.28. The molecule has 0 saturated carbocycles. The lowest BCUT2D eigenvalue weighted by Gasteiger charge is -2.23. The molecule has 2 rings (SSSR count). The SMILES string of the molecule is CC(c1ccc(O)cc1)C(Nc1ccccc1)C(=O)O. The maximum absolute atomic E-state index is 11.5. The molecule has 0 spiro atoms. The van der Waals surface area contributed by atoms with Gasteiger partial charge in [0.1, 0.15) is 11.8 Å². The summed E-state index contributed by atoms with van der Waals surface area (Å²) < 4.78 is 0. The number of hydrogen-bond donors (Lipinski definition) is 3. The second-order valence-corrected chi connectivity index (χ2v) is 4.71. The minimum absolute atomic E-state index is 0.170. The van der Waals surface area contributed by atoms with Crippen LogP contribution in [0.4, 0.5) is 5.69 Å². The predicted molar refractivity (Wildman–Crippen MR) is 78.0 cm³/mol. The molecule has 0 aliphatic heterocycles. The topological polar surface area (TPSA) is 69.6 Å². The van der Waals surface area contributed by atoms with Crippen LogP contribution < -0.4 is 5.32 Å². The van der Waals surface area contributed by atoms with Gasteiger partial charge in [-0.1, -0.05) is 37.3 Å². The molecule has 3 N–H and O–H groups in total. The van der Waals surface area contributed by atoms with Gasteiger partial charge in [0, 0.05) is 11.6 Å². The van der Waals surface area contributed by atoms with E-state index in [0.717, 1.165) is 11.3 Å². The summed E-state index contributed by atoms with van der Waals surface area (Å²) in [5.74, 6) is -0.966. The van der Waals surface area contributed by atoms with Gasteiger partial charge in [-0.25, -0.2) is 4.79 Å². The highest BCUT2D eigenvalue weighted by Crippen LogP contribution is 2.24. The molecule has 0 aliphatic carbocycles. The summed E-state index contributed by atoms with van der Waals surface area (Å²) in [7, 11) is 0. The Hall–Kier alpha value is -2.49. The molecular weight excluding hydrogens is 254 g/mol. The second-order valence-electron chi connectivity index (χ2n) is 4.71. The number of carboxylic acid groups (broad SMARTS) is 1. The van der Waals surface area contributed by atoms with Gasteiger partial charge in [-0.05, 0) is 29.8 Å². The molecule has 2 atom stereocenters. The Bertz CT molecular complexity index is 566. The Morgan fingerprint density at radius 1 is 1.05 bits per heavy atom. The van der Waals surface area contributed by atoms with E-state index in [1.165, 1.54) is 0 Å². The normalized spacial score (nSPS) is 13.4. The highest BCUT2D eigenvalue weighted by Gasteiger charge is 2.25.